The fourth-order valence-electron chi connectivity index (χ4n) is 3.43. The number of amides is 1. The number of rotatable bonds is 6. The van der Waals surface area contributed by atoms with E-state index in [1.54, 1.807) is 12.1 Å². The van der Waals surface area contributed by atoms with Gasteiger partial charge < -0.3 is 36.2 Å². The monoisotopic (exact) mass is 430 g/mol. The van der Waals surface area contributed by atoms with E-state index in [-0.39, 0.29) is 29.2 Å². The van der Waals surface area contributed by atoms with E-state index in [1.165, 1.54) is 29.4 Å². The molecule has 2 aromatic heterocycles. The van der Waals surface area contributed by atoms with Gasteiger partial charge >= 0.3 is 0 Å². The smallest absolute Gasteiger partial charge is 0.242 e. The maximum Gasteiger partial charge on any atom is 0.242 e. The second-order valence-electron chi connectivity index (χ2n) is 7.24. The van der Waals surface area contributed by atoms with Gasteiger partial charge in [-0.05, 0) is 24.1 Å². The molecule has 0 spiro atoms. The van der Waals surface area contributed by atoms with E-state index in [0.717, 1.165) is 5.56 Å². The van der Waals surface area contributed by atoms with Gasteiger partial charge in [0.15, 0.2) is 23.2 Å². The minimum Gasteiger partial charge on any atom is -0.508 e. The zero-order valence-corrected chi connectivity index (χ0v) is 16.2. The van der Waals surface area contributed by atoms with Crippen LogP contribution in [0.25, 0.3) is 11.2 Å². The van der Waals surface area contributed by atoms with Crippen molar-refractivity contribution in [2.24, 2.45) is 5.73 Å². The number of hydrogen-bond donors (Lipinski definition) is 6. The number of nitrogens with zero attached hydrogens (tertiary/aromatic N) is 4. The molecule has 0 bridgehead atoms. The topological polar surface area (TPSA) is 189 Å². The van der Waals surface area contributed by atoms with Crippen molar-refractivity contribution in [3.63, 3.8) is 0 Å². The molecule has 5 atom stereocenters. The van der Waals surface area contributed by atoms with Gasteiger partial charge in [-0.3, -0.25) is 9.36 Å². The van der Waals surface area contributed by atoms with E-state index in [2.05, 4.69) is 20.3 Å². The lowest BCUT2D eigenvalue weighted by atomic mass is 10.1. The normalized spacial score (nSPS) is 24.4. The molecule has 1 amide bonds. The minimum absolute atomic E-state index is 0.120. The number of phenols is 1. The van der Waals surface area contributed by atoms with Gasteiger partial charge in [0.05, 0.1) is 19.0 Å². The molecule has 3 aromatic rings. The van der Waals surface area contributed by atoms with E-state index in [0.29, 0.717) is 0 Å². The molecule has 1 aliphatic rings. The van der Waals surface area contributed by atoms with Crippen LogP contribution < -0.4 is 11.1 Å². The van der Waals surface area contributed by atoms with Gasteiger partial charge in [0, 0.05) is 0 Å². The first-order valence-corrected chi connectivity index (χ1v) is 9.53. The number of fused-ring (bicyclic) bond motifs is 1. The summed E-state index contributed by atoms with van der Waals surface area (Å²) in [4.78, 5) is 24.9. The molecule has 0 unspecified atom stereocenters. The highest BCUT2D eigenvalue weighted by Crippen LogP contribution is 2.32. The summed E-state index contributed by atoms with van der Waals surface area (Å²) >= 11 is 0. The average molecular weight is 430 g/mol. The fourth-order valence-corrected chi connectivity index (χ4v) is 3.43. The van der Waals surface area contributed by atoms with Gasteiger partial charge in [0.25, 0.3) is 0 Å². The van der Waals surface area contributed by atoms with Crippen molar-refractivity contribution in [2.45, 2.75) is 37.0 Å². The van der Waals surface area contributed by atoms with E-state index in [1.807, 2.05) is 0 Å². The summed E-state index contributed by atoms with van der Waals surface area (Å²) in [7, 11) is 0. The SMILES string of the molecule is N[C@@H](Cc1ccc(O)cc1)C(=O)Nc1ncnc2c1ncn2[C@@H]1O[C@H](CO)[C@@H](O)[C@H]1O. The number of aliphatic hydroxyl groups is 3. The Bertz CT molecular complexity index is 1070. The Morgan fingerprint density at radius 2 is 1.94 bits per heavy atom. The van der Waals surface area contributed by atoms with Crippen LogP contribution in [0.1, 0.15) is 11.8 Å². The predicted octanol–water partition coefficient (Wildman–Crippen LogP) is -1.35. The van der Waals surface area contributed by atoms with Crippen molar-refractivity contribution in [2.75, 3.05) is 11.9 Å². The van der Waals surface area contributed by atoms with Crippen molar-refractivity contribution in [1.82, 2.24) is 19.5 Å². The van der Waals surface area contributed by atoms with Crippen LogP contribution in [0.3, 0.4) is 0 Å². The third-order valence-corrected chi connectivity index (χ3v) is 5.12. The van der Waals surface area contributed by atoms with Gasteiger partial charge in [0.1, 0.15) is 30.4 Å². The van der Waals surface area contributed by atoms with Crippen LogP contribution >= 0.6 is 0 Å². The highest BCUT2D eigenvalue weighted by molar-refractivity contribution is 5.99. The molecule has 0 radical (unpaired) electrons. The maximum atomic E-state index is 12.6. The first-order valence-electron chi connectivity index (χ1n) is 9.53. The van der Waals surface area contributed by atoms with E-state index in [4.69, 9.17) is 10.5 Å². The molecule has 7 N–H and O–H groups in total. The summed E-state index contributed by atoms with van der Waals surface area (Å²) < 4.78 is 6.90. The standard InChI is InChI=1S/C19H22N6O6/c20-11(5-9-1-3-10(27)4-2-9)18(30)24-16-13-17(22-7-21-16)25(8-23-13)19-15(29)14(28)12(6-26)31-19/h1-4,7-8,11-12,14-15,19,26-29H,5-6,20H2,(H,21,22,24,30)/t11-,12+,14+,15+,19+/m0/s1. The Balaban J connectivity index is 1.53. The fraction of sp³-hybridized carbons (Fsp3) is 0.368. The Morgan fingerprint density at radius 1 is 1.19 bits per heavy atom. The van der Waals surface area contributed by atoms with E-state index >= 15 is 0 Å². The lowest BCUT2D eigenvalue weighted by Gasteiger charge is -2.16. The Labute approximate surface area is 176 Å². The number of hydrogen-bond acceptors (Lipinski definition) is 10. The van der Waals surface area contributed by atoms with Crippen molar-refractivity contribution in [1.29, 1.82) is 0 Å². The average Bonchev–Trinajstić information content (AvgIpc) is 3.31. The summed E-state index contributed by atoms with van der Waals surface area (Å²) in [5.41, 5.74) is 7.28. The Morgan fingerprint density at radius 3 is 2.61 bits per heavy atom. The molecule has 1 saturated heterocycles. The molecule has 12 heteroatoms. The summed E-state index contributed by atoms with van der Waals surface area (Å²) in [6.07, 6.45) is -1.75. The van der Waals surface area contributed by atoms with Crippen LogP contribution in [0, 0.1) is 0 Å². The van der Waals surface area contributed by atoms with Crippen LogP contribution in [-0.4, -0.2) is 76.8 Å². The zero-order chi connectivity index (χ0) is 22.1. The van der Waals surface area contributed by atoms with Gasteiger partial charge in [0.2, 0.25) is 5.91 Å². The molecule has 1 aliphatic heterocycles. The van der Waals surface area contributed by atoms with Crippen LogP contribution in [0.2, 0.25) is 0 Å². The number of carbonyl (C=O) groups is 1. The van der Waals surface area contributed by atoms with Crippen LogP contribution in [0.4, 0.5) is 5.82 Å². The number of imidazole rings is 1. The number of phenolic OH excluding ortho intramolecular Hbond substituents is 1. The molecule has 12 nitrogen and oxygen atoms in total. The van der Waals surface area contributed by atoms with Gasteiger partial charge in [-0.1, -0.05) is 12.1 Å². The highest BCUT2D eigenvalue weighted by Gasteiger charge is 2.44. The predicted molar refractivity (Wildman–Crippen MR) is 107 cm³/mol. The van der Waals surface area contributed by atoms with Crippen molar-refractivity contribution in [3.8, 4) is 5.75 Å². The number of benzene rings is 1. The quantitative estimate of drug-likeness (QED) is 0.273. The van der Waals surface area contributed by atoms with E-state index < -0.39 is 43.1 Å². The molecule has 4 rings (SSSR count). The van der Waals surface area contributed by atoms with Gasteiger partial charge in [-0.25, -0.2) is 15.0 Å². The summed E-state index contributed by atoms with van der Waals surface area (Å²) in [5.74, 6) is -0.243. The molecule has 0 aliphatic carbocycles. The van der Waals surface area contributed by atoms with Crippen LogP contribution in [0.15, 0.2) is 36.9 Å². The highest BCUT2D eigenvalue weighted by atomic mass is 16.6. The second-order valence-corrected chi connectivity index (χ2v) is 7.24. The number of anilines is 1. The second kappa shape index (κ2) is 8.53. The molecule has 1 fully saturated rings. The number of aromatic nitrogens is 4. The number of aliphatic hydroxyl groups excluding tert-OH is 3. The van der Waals surface area contributed by atoms with Crippen molar-refractivity contribution < 1.29 is 30.0 Å². The number of ether oxygens (including phenoxy) is 1. The van der Waals surface area contributed by atoms with Crippen molar-refractivity contribution >= 4 is 22.9 Å². The summed E-state index contributed by atoms with van der Waals surface area (Å²) in [5, 5.41) is 41.5. The zero-order valence-electron chi connectivity index (χ0n) is 16.2. The Hall–Kier alpha value is -3.16. The van der Waals surface area contributed by atoms with Crippen molar-refractivity contribution in [3.05, 3.63) is 42.5 Å². The molecular weight excluding hydrogens is 408 g/mol. The molecule has 31 heavy (non-hydrogen) atoms. The summed E-state index contributed by atoms with van der Waals surface area (Å²) in [6.45, 7) is -0.462. The minimum atomic E-state index is -1.30. The Kier molecular flexibility index (Phi) is 5.80. The van der Waals surface area contributed by atoms with Gasteiger partial charge in [-0.2, -0.15) is 0 Å². The third-order valence-electron chi connectivity index (χ3n) is 5.12. The largest absolute Gasteiger partial charge is 0.508 e. The van der Waals surface area contributed by atoms with Crippen LogP contribution in [0.5, 0.6) is 5.75 Å². The van der Waals surface area contributed by atoms with E-state index in [9.17, 15) is 25.2 Å². The molecule has 1 aromatic carbocycles. The number of nitrogens with two attached hydrogens (primary N) is 1. The maximum absolute atomic E-state index is 12.6. The number of aromatic hydroxyl groups is 1. The molecule has 3 heterocycles. The lowest BCUT2D eigenvalue weighted by molar-refractivity contribution is -0.117. The third kappa shape index (κ3) is 4.06. The first-order chi connectivity index (χ1) is 14.9. The molecule has 0 saturated carbocycles. The number of carbonyl (C=O) groups excluding carboxylic acids is 1. The van der Waals surface area contributed by atoms with Crippen LogP contribution in [-0.2, 0) is 16.0 Å². The molecular formula is C19H22N6O6. The number of nitrogens with one attached hydrogen (secondary N) is 1. The van der Waals surface area contributed by atoms with Gasteiger partial charge in [-0.15, -0.1) is 0 Å². The first kappa shape index (κ1) is 21.1. The molecule has 164 valence electrons. The lowest BCUT2D eigenvalue weighted by Crippen LogP contribution is -2.37. The summed E-state index contributed by atoms with van der Waals surface area (Å²) in [6, 6.07) is 5.50.